The summed E-state index contributed by atoms with van der Waals surface area (Å²) in [5, 5.41) is 4.61. The molecule has 1 amide bonds. The van der Waals surface area contributed by atoms with Crippen molar-refractivity contribution in [2.45, 2.75) is 23.4 Å². The molecule has 5 nitrogen and oxygen atoms in total. The van der Waals surface area contributed by atoms with Crippen molar-refractivity contribution in [1.82, 2.24) is 10.3 Å². The summed E-state index contributed by atoms with van der Waals surface area (Å²) in [6.07, 6.45) is 0. The summed E-state index contributed by atoms with van der Waals surface area (Å²) in [6, 6.07) is 25.1. The van der Waals surface area contributed by atoms with E-state index in [9.17, 15) is 4.79 Å². The molecule has 32 heavy (non-hydrogen) atoms. The van der Waals surface area contributed by atoms with Crippen LogP contribution in [-0.2, 0) is 6.54 Å². The number of rotatable bonds is 8. The Morgan fingerprint density at radius 1 is 0.969 bits per heavy atom. The molecule has 0 unspecified atom stereocenters. The maximum Gasteiger partial charge on any atom is 0.252 e. The van der Waals surface area contributed by atoms with Crippen molar-refractivity contribution in [2.24, 2.45) is 0 Å². The van der Waals surface area contributed by atoms with Gasteiger partial charge < -0.3 is 14.8 Å². The Morgan fingerprint density at radius 2 is 1.78 bits per heavy atom. The number of benzene rings is 3. The first-order valence-electron chi connectivity index (χ1n) is 10.4. The molecule has 0 aliphatic carbocycles. The van der Waals surface area contributed by atoms with E-state index in [-0.39, 0.29) is 5.91 Å². The van der Waals surface area contributed by atoms with Gasteiger partial charge in [0.2, 0.25) is 0 Å². The molecule has 0 fully saturated rings. The second-order valence-corrected chi connectivity index (χ2v) is 8.16. The van der Waals surface area contributed by atoms with E-state index in [0.717, 1.165) is 37.9 Å². The number of methoxy groups -OCH3 is 1. The molecule has 162 valence electrons. The van der Waals surface area contributed by atoms with E-state index in [1.54, 1.807) is 7.11 Å². The van der Waals surface area contributed by atoms with Crippen LogP contribution in [0.25, 0.3) is 10.9 Å². The smallest absolute Gasteiger partial charge is 0.252 e. The number of pyridine rings is 1. The summed E-state index contributed by atoms with van der Waals surface area (Å²) < 4.78 is 10.8. The number of carbonyl (C=O) groups excluding carboxylic acids is 1. The third kappa shape index (κ3) is 5.21. The van der Waals surface area contributed by atoms with Gasteiger partial charge in [-0.25, -0.2) is 4.98 Å². The van der Waals surface area contributed by atoms with Crippen LogP contribution in [0.2, 0.25) is 0 Å². The van der Waals surface area contributed by atoms with E-state index >= 15 is 0 Å². The van der Waals surface area contributed by atoms with E-state index in [0.29, 0.717) is 18.7 Å². The lowest BCUT2D eigenvalue weighted by Gasteiger charge is -2.11. The van der Waals surface area contributed by atoms with Gasteiger partial charge >= 0.3 is 0 Å². The maximum absolute atomic E-state index is 13.1. The van der Waals surface area contributed by atoms with Crippen molar-refractivity contribution in [3.63, 3.8) is 0 Å². The number of carbonyl (C=O) groups is 1. The Labute approximate surface area is 191 Å². The number of fused-ring (bicyclic) bond motifs is 1. The minimum absolute atomic E-state index is 0.139. The monoisotopic (exact) mass is 444 g/mol. The number of aromatic nitrogens is 1. The Kier molecular flexibility index (Phi) is 6.92. The van der Waals surface area contributed by atoms with Crippen LogP contribution in [-0.4, -0.2) is 24.6 Å². The van der Waals surface area contributed by atoms with Crippen molar-refractivity contribution in [2.75, 3.05) is 13.7 Å². The molecule has 6 heteroatoms. The van der Waals surface area contributed by atoms with Gasteiger partial charge in [-0.3, -0.25) is 4.79 Å². The van der Waals surface area contributed by atoms with Crippen molar-refractivity contribution in [3.05, 3.63) is 90.0 Å². The highest BCUT2D eigenvalue weighted by molar-refractivity contribution is 7.99. The summed E-state index contributed by atoms with van der Waals surface area (Å²) >= 11 is 1.52. The van der Waals surface area contributed by atoms with E-state index in [1.807, 2.05) is 85.8 Å². The zero-order valence-corrected chi connectivity index (χ0v) is 18.8. The highest BCUT2D eigenvalue weighted by Gasteiger charge is 2.14. The number of amides is 1. The number of para-hydroxylation sites is 1. The standard InChI is InChI=1S/C26H24N2O3S/c1-3-31-19-11-13-21(14-12-19)32-25-16-23(22-9-4-5-10-24(22)28-25)26(29)27-17-18-7-6-8-20(15-18)30-2/h4-16H,3,17H2,1-2H3,(H,27,29). The predicted octanol–water partition coefficient (Wildman–Crippen LogP) is 5.72. The molecule has 0 spiro atoms. The Hall–Kier alpha value is -3.51. The zero-order chi connectivity index (χ0) is 22.3. The molecule has 1 aromatic heterocycles. The number of ether oxygens (including phenoxy) is 2. The second kappa shape index (κ2) is 10.2. The predicted molar refractivity (Wildman–Crippen MR) is 128 cm³/mol. The average molecular weight is 445 g/mol. The highest BCUT2D eigenvalue weighted by atomic mass is 32.2. The molecule has 0 aliphatic rings. The van der Waals surface area contributed by atoms with Crippen molar-refractivity contribution >= 4 is 28.6 Å². The maximum atomic E-state index is 13.1. The van der Waals surface area contributed by atoms with Crippen LogP contribution in [0.5, 0.6) is 11.5 Å². The lowest BCUT2D eigenvalue weighted by atomic mass is 10.1. The van der Waals surface area contributed by atoms with E-state index < -0.39 is 0 Å². The molecule has 0 bridgehead atoms. The molecule has 0 saturated heterocycles. The first kappa shape index (κ1) is 21.7. The van der Waals surface area contributed by atoms with Crippen LogP contribution in [0.1, 0.15) is 22.8 Å². The second-order valence-electron chi connectivity index (χ2n) is 7.07. The summed E-state index contributed by atoms with van der Waals surface area (Å²) in [4.78, 5) is 18.9. The van der Waals surface area contributed by atoms with E-state index in [1.165, 1.54) is 11.8 Å². The lowest BCUT2D eigenvalue weighted by molar-refractivity contribution is 0.0952. The van der Waals surface area contributed by atoms with Crippen LogP contribution in [0, 0.1) is 0 Å². The van der Waals surface area contributed by atoms with Crippen molar-refractivity contribution in [3.8, 4) is 11.5 Å². The van der Waals surface area contributed by atoms with Gasteiger partial charge in [-0.1, -0.05) is 42.1 Å². The van der Waals surface area contributed by atoms with Gasteiger partial charge in [0.25, 0.3) is 5.91 Å². The number of nitrogens with one attached hydrogen (secondary N) is 1. The Morgan fingerprint density at radius 3 is 2.56 bits per heavy atom. The summed E-state index contributed by atoms with van der Waals surface area (Å²) in [5.74, 6) is 1.46. The topological polar surface area (TPSA) is 60.5 Å². The molecular formula is C26H24N2O3S. The Bertz CT molecular complexity index is 1230. The number of hydrogen-bond acceptors (Lipinski definition) is 5. The van der Waals surface area contributed by atoms with E-state index in [4.69, 9.17) is 14.5 Å². The van der Waals surface area contributed by atoms with E-state index in [2.05, 4.69) is 5.32 Å². The van der Waals surface area contributed by atoms with Gasteiger partial charge in [0.1, 0.15) is 16.5 Å². The molecule has 4 rings (SSSR count). The summed E-state index contributed by atoms with van der Waals surface area (Å²) in [5.41, 5.74) is 2.36. The minimum atomic E-state index is -0.139. The molecule has 0 radical (unpaired) electrons. The van der Waals surface area contributed by atoms with Gasteiger partial charge in [0, 0.05) is 16.8 Å². The fraction of sp³-hybridized carbons (Fsp3) is 0.154. The largest absolute Gasteiger partial charge is 0.497 e. The minimum Gasteiger partial charge on any atom is -0.497 e. The molecular weight excluding hydrogens is 420 g/mol. The molecule has 0 saturated carbocycles. The first-order chi connectivity index (χ1) is 15.7. The van der Waals surface area contributed by atoms with Gasteiger partial charge in [-0.2, -0.15) is 0 Å². The van der Waals surface area contributed by atoms with Crippen LogP contribution >= 0.6 is 11.8 Å². The fourth-order valence-corrected chi connectivity index (χ4v) is 4.18. The fourth-order valence-electron chi connectivity index (χ4n) is 3.34. The summed E-state index contributed by atoms with van der Waals surface area (Å²) in [7, 11) is 1.63. The summed E-state index contributed by atoms with van der Waals surface area (Å²) in [6.45, 7) is 3.00. The number of hydrogen-bond donors (Lipinski definition) is 1. The molecule has 4 aromatic rings. The molecule has 3 aromatic carbocycles. The van der Waals surface area contributed by atoms with Crippen LogP contribution < -0.4 is 14.8 Å². The zero-order valence-electron chi connectivity index (χ0n) is 18.0. The van der Waals surface area contributed by atoms with Crippen molar-refractivity contribution < 1.29 is 14.3 Å². The van der Waals surface area contributed by atoms with Crippen LogP contribution in [0.15, 0.2) is 88.8 Å². The highest BCUT2D eigenvalue weighted by Crippen LogP contribution is 2.31. The molecule has 1 N–H and O–H groups in total. The van der Waals surface area contributed by atoms with Gasteiger partial charge in [0.05, 0.1) is 24.8 Å². The van der Waals surface area contributed by atoms with Crippen LogP contribution in [0.3, 0.4) is 0 Å². The normalized spacial score (nSPS) is 10.7. The lowest BCUT2D eigenvalue weighted by Crippen LogP contribution is -2.23. The third-order valence-corrected chi connectivity index (χ3v) is 5.81. The Balaban J connectivity index is 1.57. The quantitative estimate of drug-likeness (QED) is 0.376. The van der Waals surface area contributed by atoms with Gasteiger partial charge in [-0.15, -0.1) is 0 Å². The van der Waals surface area contributed by atoms with Gasteiger partial charge in [0.15, 0.2) is 0 Å². The molecule has 1 heterocycles. The van der Waals surface area contributed by atoms with Gasteiger partial charge in [-0.05, 0) is 61.0 Å². The van der Waals surface area contributed by atoms with Crippen molar-refractivity contribution in [1.29, 1.82) is 0 Å². The first-order valence-corrected chi connectivity index (χ1v) is 11.2. The number of nitrogens with zero attached hydrogens (tertiary/aromatic N) is 1. The average Bonchev–Trinajstić information content (AvgIpc) is 2.83. The van der Waals surface area contributed by atoms with Crippen LogP contribution in [0.4, 0.5) is 0 Å². The SMILES string of the molecule is CCOc1ccc(Sc2cc(C(=O)NCc3cccc(OC)c3)c3ccccc3n2)cc1. The third-order valence-electron chi connectivity index (χ3n) is 4.88. The molecule has 0 aliphatic heterocycles. The molecule has 0 atom stereocenters.